The molecule has 40 heavy (non-hydrogen) atoms. The van der Waals surface area contributed by atoms with Gasteiger partial charge in [-0.15, -0.1) is 5.10 Å². The van der Waals surface area contributed by atoms with Crippen LogP contribution in [-0.4, -0.2) is 74.8 Å². The first-order valence-electron chi connectivity index (χ1n) is 12.8. The highest BCUT2D eigenvalue weighted by Gasteiger charge is 2.38. The van der Waals surface area contributed by atoms with Crippen LogP contribution < -0.4 is 0 Å². The largest absolute Gasteiger partial charge is 0.409 e. The summed E-state index contributed by atoms with van der Waals surface area (Å²) in [5, 5.41) is 11.9. The normalized spacial score (nSPS) is 17.8. The van der Waals surface area contributed by atoms with E-state index in [2.05, 4.69) is 34.0 Å². The van der Waals surface area contributed by atoms with E-state index < -0.39 is 27.8 Å². The van der Waals surface area contributed by atoms with Crippen LogP contribution in [0.15, 0.2) is 53.8 Å². The monoisotopic (exact) mass is 579 g/mol. The summed E-state index contributed by atoms with van der Waals surface area (Å²) in [6.07, 6.45) is -2.00. The number of nitrogens with zero attached hydrogens (tertiary/aromatic N) is 7. The number of benzene rings is 2. The second kappa shape index (κ2) is 10.6. The van der Waals surface area contributed by atoms with Gasteiger partial charge in [0, 0.05) is 37.6 Å². The summed E-state index contributed by atoms with van der Waals surface area (Å²) < 4.78 is 81.6. The third-order valence-corrected chi connectivity index (χ3v) is 8.61. The zero-order valence-electron chi connectivity index (χ0n) is 22.2. The fraction of sp³-hybridized carbons (Fsp3) is 0.423. The molecule has 3 heterocycles. The summed E-state index contributed by atoms with van der Waals surface area (Å²) in [4.78, 5) is 2.58. The number of halogens is 4. The van der Waals surface area contributed by atoms with Crippen LogP contribution >= 0.6 is 0 Å². The molecule has 2 aromatic heterocycles. The molecular formula is C26H29F4N7O2S. The smallest absolute Gasteiger partial charge is 0.293 e. The molecule has 0 radical (unpaired) electrons. The molecular weight excluding hydrogens is 550 g/mol. The van der Waals surface area contributed by atoms with Crippen molar-refractivity contribution in [1.82, 2.24) is 34.0 Å². The number of sulfonamides is 1. The molecule has 0 bridgehead atoms. The SMILES string of the molecule is Cc1cc2c(cnn2-c2ccc(F)cc2)cc1[C@H]1CN(S(=O)(=O)c2cnn(CC(F)(F)F)n2)CCN1CC(C)C. The maximum absolute atomic E-state index is 13.4. The molecule has 1 atom stereocenters. The van der Waals surface area contributed by atoms with Gasteiger partial charge in [0.2, 0.25) is 5.03 Å². The quantitative estimate of drug-likeness (QED) is 0.303. The van der Waals surface area contributed by atoms with E-state index >= 15 is 0 Å². The Morgan fingerprint density at radius 2 is 1.77 bits per heavy atom. The summed E-state index contributed by atoms with van der Waals surface area (Å²) in [6.45, 7) is 6.07. The maximum Gasteiger partial charge on any atom is 0.409 e. The van der Waals surface area contributed by atoms with E-state index in [0.29, 0.717) is 22.9 Å². The van der Waals surface area contributed by atoms with Gasteiger partial charge in [-0.3, -0.25) is 4.90 Å². The lowest BCUT2D eigenvalue weighted by Crippen LogP contribution is -2.51. The number of hydrogen-bond acceptors (Lipinski definition) is 6. The lowest BCUT2D eigenvalue weighted by Gasteiger charge is -2.42. The van der Waals surface area contributed by atoms with Crippen molar-refractivity contribution in [2.75, 3.05) is 26.2 Å². The van der Waals surface area contributed by atoms with Crippen molar-refractivity contribution in [3.8, 4) is 5.69 Å². The Kier molecular flexibility index (Phi) is 7.44. The van der Waals surface area contributed by atoms with Gasteiger partial charge in [-0.25, -0.2) is 17.5 Å². The molecule has 1 saturated heterocycles. The molecule has 0 amide bonds. The number of fused-ring (bicyclic) bond motifs is 1. The summed E-state index contributed by atoms with van der Waals surface area (Å²) in [6, 6.07) is 9.68. The number of alkyl halides is 3. The topological polar surface area (TPSA) is 89.2 Å². The molecule has 0 aliphatic carbocycles. The standard InChI is InChI=1S/C26H29F4N7O2S/c1-17(2)14-34-8-9-35(40(38,39)25-13-31-36(33-25)16-26(28,29)30)15-24(34)22-11-19-12-32-37(23(19)10-18(22)3)21-6-4-20(27)5-7-21/h4-7,10-13,17,24H,8-9,14-16H2,1-3H3/t24-/m1/s1. The van der Waals surface area contributed by atoms with E-state index in [1.165, 1.54) is 16.4 Å². The zero-order chi connectivity index (χ0) is 28.8. The van der Waals surface area contributed by atoms with Gasteiger partial charge in [0.25, 0.3) is 10.0 Å². The summed E-state index contributed by atoms with van der Waals surface area (Å²) >= 11 is 0. The van der Waals surface area contributed by atoms with Crippen LogP contribution in [0.5, 0.6) is 0 Å². The van der Waals surface area contributed by atoms with Crippen LogP contribution in [0.2, 0.25) is 0 Å². The zero-order valence-corrected chi connectivity index (χ0v) is 23.0. The second-order valence-electron chi connectivity index (χ2n) is 10.4. The predicted molar refractivity (Wildman–Crippen MR) is 140 cm³/mol. The molecule has 0 spiro atoms. The summed E-state index contributed by atoms with van der Waals surface area (Å²) in [5.41, 5.74) is 3.38. The minimum absolute atomic E-state index is 0.0969. The van der Waals surface area contributed by atoms with Crippen molar-refractivity contribution in [3.63, 3.8) is 0 Å². The first kappa shape index (κ1) is 28.2. The molecule has 0 saturated carbocycles. The Morgan fingerprint density at radius 1 is 1.05 bits per heavy atom. The highest BCUT2D eigenvalue weighted by Crippen LogP contribution is 2.34. The van der Waals surface area contributed by atoms with Crippen molar-refractivity contribution in [2.45, 2.75) is 44.6 Å². The van der Waals surface area contributed by atoms with Gasteiger partial charge in [0.05, 0.1) is 23.6 Å². The van der Waals surface area contributed by atoms with Crippen molar-refractivity contribution < 1.29 is 26.0 Å². The summed E-state index contributed by atoms with van der Waals surface area (Å²) in [7, 11) is -4.18. The summed E-state index contributed by atoms with van der Waals surface area (Å²) in [5.74, 6) is -0.0261. The third-order valence-electron chi connectivity index (χ3n) is 6.88. The van der Waals surface area contributed by atoms with Gasteiger partial charge in [0.15, 0.2) is 6.54 Å². The first-order valence-corrected chi connectivity index (χ1v) is 14.2. The number of hydrogen-bond donors (Lipinski definition) is 0. The molecule has 1 fully saturated rings. The van der Waals surface area contributed by atoms with E-state index in [0.717, 1.165) is 34.8 Å². The minimum atomic E-state index is -4.58. The fourth-order valence-corrected chi connectivity index (χ4v) is 6.41. The Morgan fingerprint density at radius 3 is 2.45 bits per heavy atom. The van der Waals surface area contributed by atoms with Crippen LogP contribution in [-0.2, 0) is 16.6 Å². The van der Waals surface area contributed by atoms with Crippen molar-refractivity contribution in [3.05, 3.63) is 65.7 Å². The molecule has 14 heteroatoms. The number of aromatic nitrogens is 5. The minimum Gasteiger partial charge on any atom is -0.293 e. The van der Waals surface area contributed by atoms with Crippen LogP contribution in [0, 0.1) is 18.7 Å². The lowest BCUT2D eigenvalue weighted by molar-refractivity contribution is -0.145. The molecule has 2 aromatic carbocycles. The molecule has 1 aliphatic heterocycles. The van der Waals surface area contributed by atoms with E-state index in [4.69, 9.17) is 0 Å². The van der Waals surface area contributed by atoms with Crippen molar-refractivity contribution in [2.24, 2.45) is 5.92 Å². The van der Waals surface area contributed by atoms with Crippen LogP contribution in [0.3, 0.4) is 0 Å². The molecule has 0 N–H and O–H groups in total. The predicted octanol–water partition coefficient (Wildman–Crippen LogP) is 4.33. The molecule has 214 valence electrons. The Balaban J connectivity index is 1.48. The van der Waals surface area contributed by atoms with Crippen molar-refractivity contribution in [1.29, 1.82) is 0 Å². The highest BCUT2D eigenvalue weighted by atomic mass is 32.2. The molecule has 0 unspecified atom stereocenters. The molecule has 1 aliphatic rings. The van der Waals surface area contributed by atoms with E-state index in [1.54, 1.807) is 23.0 Å². The third kappa shape index (κ3) is 5.74. The number of aryl methyl sites for hydroxylation is 1. The van der Waals surface area contributed by atoms with Gasteiger partial charge >= 0.3 is 6.18 Å². The Bertz CT molecular complexity index is 1610. The highest BCUT2D eigenvalue weighted by molar-refractivity contribution is 7.89. The van der Waals surface area contributed by atoms with E-state index in [-0.39, 0.29) is 24.9 Å². The molecule has 9 nitrogen and oxygen atoms in total. The average molecular weight is 580 g/mol. The molecule has 4 aromatic rings. The fourth-order valence-electron chi connectivity index (χ4n) is 5.11. The van der Waals surface area contributed by atoms with E-state index in [1.807, 2.05) is 19.1 Å². The van der Waals surface area contributed by atoms with Gasteiger partial charge in [-0.2, -0.15) is 32.5 Å². The van der Waals surface area contributed by atoms with Gasteiger partial charge < -0.3 is 0 Å². The van der Waals surface area contributed by atoms with Gasteiger partial charge in [0.1, 0.15) is 5.82 Å². The second-order valence-corrected chi connectivity index (χ2v) is 12.3. The van der Waals surface area contributed by atoms with Crippen LogP contribution in [0.1, 0.15) is 31.0 Å². The van der Waals surface area contributed by atoms with Crippen LogP contribution in [0.4, 0.5) is 17.6 Å². The Labute approximate surface area is 229 Å². The van der Waals surface area contributed by atoms with E-state index in [9.17, 15) is 26.0 Å². The lowest BCUT2D eigenvalue weighted by atomic mass is 9.96. The maximum atomic E-state index is 13.4. The Hall–Kier alpha value is -3.36. The molecule has 5 rings (SSSR count). The number of rotatable bonds is 7. The number of piperazine rings is 1. The first-order chi connectivity index (χ1) is 18.8. The van der Waals surface area contributed by atoms with Gasteiger partial charge in [-0.1, -0.05) is 13.8 Å². The van der Waals surface area contributed by atoms with Gasteiger partial charge in [-0.05, 0) is 60.4 Å². The van der Waals surface area contributed by atoms with Crippen molar-refractivity contribution >= 4 is 20.9 Å². The average Bonchev–Trinajstić information content (AvgIpc) is 3.50. The van der Waals surface area contributed by atoms with Crippen LogP contribution in [0.25, 0.3) is 16.6 Å².